The van der Waals surface area contributed by atoms with Crippen molar-refractivity contribution in [3.63, 3.8) is 0 Å². The highest BCUT2D eigenvalue weighted by Crippen LogP contribution is 2.30. The predicted molar refractivity (Wildman–Crippen MR) is 122 cm³/mol. The summed E-state index contributed by atoms with van der Waals surface area (Å²) in [6, 6.07) is 10.4. The van der Waals surface area contributed by atoms with Crippen LogP contribution >= 0.6 is 0 Å². The predicted octanol–water partition coefficient (Wildman–Crippen LogP) is 1.53. The molecule has 9 nitrogen and oxygen atoms in total. The lowest BCUT2D eigenvalue weighted by Gasteiger charge is -2.22. The molecule has 0 spiro atoms. The molecule has 2 amide bonds. The highest BCUT2D eigenvalue weighted by atomic mass is 32.2. The van der Waals surface area contributed by atoms with Crippen molar-refractivity contribution in [3.8, 4) is 0 Å². The Hall–Kier alpha value is -3.24. The van der Waals surface area contributed by atoms with Crippen LogP contribution in [0.5, 0.6) is 0 Å². The molecule has 10 heteroatoms. The number of rotatable bonds is 7. The number of carbonyl (C=O) groups excluding carboxylic acids is 3. The number of nitrogens with two attached hydrogens (primary N) is 1. The van der Waals surface area contributed by atoms with E-state index in [1.807, 2.05) is 13.0 Å². The zero-order valence-electron chi connectivity index (χ0n) is 18.7. The Labute approximate surface area is 193 Å². The molecule has 2 aromatic rings. The third-order valence-electron chi connectivity index (χ3n) is 5.40. The van der Waals surface area contributed by atoms with Crippen LogP contribution in [0.2, 0.25) is 0 Å². The molecule has 176 valence electrons. The van der Waals surface area contributed by atoms with Gasteiger partial charge in [-0.05, 0) is 55.2 Å². The smallest absolute Gasteiger partial charge is 0.329 e. The van der Waals surface area contributed by atoms with Gasteiger partial charge in [-0.15, -0.1) is 0 Å². The molecule has 0 aromatic heterocycles. The number of fused-ring (bicyclic) bond motifs is 1. The third-order valence-corrected chi connectivity index (χ3v) is 6.31. The largest absolute Gasteiger partial charge is 0.454 e. The average molecular weight is 474 g/mol. The van der Waals surface area contributed by atoms with Crippen LogP contribution in [0.15, 0.2) is 47.4 Å². The van der Waals surface area contributed by atoms with Crippen molar-refractivity contribution >= 4 is 33.5 Å². The number of hydrogen-bond donors (Lipinski definition) is 2. The summed E-state index contributed by atoms with van der Waals surface area (Å²) in [6.07, 6.45) is 0.458. The first kappa shape index (κ1) is 24.4. The van der Waals surface area contributed by atoms with Crippen molar-refractivity contribution in [2.24, 2.45) is 11.1 Å². The first-order valence-electron chi connectivity index (χ1n) is 10.5. The van der Waals surface area contributed by atoms with Gasteiger partial charge in [-0.2, -0.15) is 0 Å². The lowest BCUT2D eigenvalue weighted by Crippen LogP contribution is -2.46. The number of nitrogens with zero attached hydrogens (tertiary/aromatic N) is 1. The van der Waals surface area contributed by atoms with E-state index in [1.165, 1.54) is 23.1 Å². The maximum atomic E-state index is 12.7. The van der Waals surface area contributed by atoms with E-state index in [0.717, 1.165) is 5.56 Å². The number of aryl methyl sites for hydroxylation is 1. The van der Waals surface area contributed by atoms with Crippen LogP contribution in [0.1, 0.15) is 35.3 Å². The molecule has 1 aliphatic heterocycles. The Bertz CT molecular complexity index is 1190. The normalized spacial score (nSPS) is 14.0. The molecule has 0 aliphatic carbocycles. The molecule has 0 bridgehead atoms. The fourth-order valence-electron chi connectivity index (χ4n) is 3.62. The molecule has 1 heterocycles. The second kappa shape index (κ2) is 9.72. The summed E-state index contributed by atoms with van der Waals surface area (Å²) >= 11 is 0. The van der Waals surface area contributed by atoms with E-state index in [-0.39, 0.29) is 10.8 Å². The summed E-state index contributed by atoms with van der Waals surface area (Å²) in [4.78, 5) is 39.3. The summed E-state index contributed by atoms with van der Waals surface area (Å²) in [6.45, 7) is 5.23. The minimum absolute atomic E-state index is 0.0221. The maximum Gasteiger partial charge on any atom is 0.329 e. The van der Waals surface area contributed by atoms with Gasteiger partial charge in [0.1, 0.15) is 6.04 Å². The van der Waals surface area contributed by atoms with E-state index in [1.54, 1.807) is 32.0 Å². The molecule has 0 fully saturated rings. The van der Waals surface area contributed by atoms with Crippen molar-refractivity contribution in [1.29, 1.82) is 0 Å². The van der Waals surface area contributed by atoms with E-state index >= 15 is 0 Å². The van der Waals surface area contributed by atoms with E-state index in [4.69, 9.17) is 9.88 Å². The van der Waals surface area contributed by atoms with Gasteiger partial charge in [0.2, 0.25) is 10.0 Å². The van der Waals surface area contributed by atoms with Crippen molar-refractivity contribution in [2.45, 2.75) is 38.1 Å². The number of benzene rings is 2. The number of hydrogen-bond acceptors (Lipinski definition) is 6. The average Bonchev–Trinajstić information content (AvgIpc) is 3.18. The minimum Gasteiger partial charge on any atom is -0.454 e. The number of sulfonamides is 1. The first-order valence-corrected chi connectivity index (χ1v) is 12.0. The Balaban J connectivity index is 1.63. The zero-order chi connectivity index (χ0) is 24.3. The van der Waals surface area contributed by atoms with Gasteiger partial charge in [0.25, 0.3) is 11.8 Å². The lowest BCUT2D eigenvalue weighted by atomic mass is 10.0. The molecule has 1 atom stereocenters. The van der Waals surface area contributed by atoms with Gasteiger partial charge < -0.3 is 15.0 Å². The van der Waals surface area contributed by atoms with Crippen LogP contribution in [0.4, 0.5) is 5.69 Å². The number of amides is 2. The van der Waals surface area contributed by atoms with Crippen LogP contribution in [0.25, 0.3) is 0 Å². The van der Waals surface area contributed by atoms with Gasteiger partial charge in [-0.1, -0.05) is 31.5 Å². The Kier molecular flexibility index (Phi) is 7.19. The Morgan fingerprint density at radius 3 is 2.52 bits per heavy atom. The second-order valence-corrected chi connectivity index (χ2v) is 9.86. The quantitative estimate of drug-likeness (QED) is 0.586. The van der Waals surface area contributed by atoms with E-state index in [2.05, 4.69) is 5.32 Å². The van der Waals surface area contributed by atoms with E-state index in [9.17, 15) is 22.8 Å². The van der Waals surface area contributed by atoms with Crippen LogP contribution in [0.3, 0.4) is 0 Å². The SMILES string of the molecule is Cc1cccc(C(=O)N[C@H](C(=O)OCC(=O)N2CCc3cc(S(N)(=O)=O)ccc32)C(C)C)c1. The molecule has 33 heavy (non-hydrogen) atoms. The molecule has 0 saturated heterocycles. The van der Waals surface area contributed by atoms with Gasteiger partial charge in [0, 0.05) is 17.8 Å². The summed E-state index contributed by atoms with van der Waals surface area (Å²) in [5, 5.41) is 7.84. The number of primary sulfonamides is 1. The molecular formula is C23H27N3O6S. The lowest BCUT2D eigenvalue weighted by molar-refractivity contribution is -0.150. The standard InChI is InChI=1S/C23H27N3O6S/c1-14(2)21(25-22(28)17-6-4-5-15(3)11-17)23(29)32-13-20(27)26-10-9-16-12-18(33(24,30)31)7-8-19(16)26/h4-8,11-12,14,21H,9-10,13H2,1-3H3,(H,25,28)(H2,24,30,31)/t21-/m0/s1. The van der Waals surface area contributed by atoms with Crippen molar-refractivity contribution in [1.82, 2.24) is 5.32 Å². The van der Waals surface area contributed by atoms with E-state index < -0.39 is 40.5 Å². The van der Waals surface area contributed by atoms with Gasteiger partial charge in [0.05, 0.1) is 4.90 Å². The number of esters is 1. The van der Waals surface area contributed by atoms with Crippen LogP contribution in [0, 0.1) is 12.8 Å². The van der Waals surface area contributed by atoms with E-state index in [0.29, 0.717) is 29.8 Å². The first-order chi connectivity index (χ1) is 15.5. The van der Waals surface area contributed by atoms with Gasteiger partial charge in [-0.3, -0.25) is 9.59 Å². The molecule has 2 aromatic carbocycles. The summed E-state index contributed by atoms with van der Waals surface area (Å²) in [7, 11) is -3.84. The Morgan fingerprint density at radius 2 is 1.88 bits per heavy atom. The fourth-order valence-corrected chi connectivity index (χ4v) is 4.19. The minimum atomic E-state index is -3.84. The highest BCUT2D eigenvalue weighted by molar-refractivity contribution is 7.89. The highest BCUT2D eigenvalue weighted by Gasteiger charge is 2.30. The Morgan fingerprint density at radius 1 is 1.15 bits per heavy atom. The van der Waals surface area contributed by atoms with Crippen molar-refractivity contribution < 1.29 is 27.5 Å². The van der Waals surface area contributed by atoms with Crippen LogP contribution < -0.4 is 15.4 Å². The van der Waals surface area contributed by atoms with Crippen molar-refractivity contribution in [2.75, 3.05) is 18.1 Å². The summed E-state index contributed by atoms with van der Waals surface area (Å²) in [5.41, 5.74) is 2.57. The summed E-state index contributed by atoms with van der Waals surface area (Å²) in [5.74, 6) is -1.81. The second-order valence-electron chi connectivity index (χ2n) is 8.30. The van der Waals surface area contributed by atoms with Crippen molar-refractivity contribution in [3.05, 3.63) is 59.2 Å². The number of nitrogens with one attached hydrogen (secondary N) is 1. The number of ether oxygens (including phenoxy) is 1. The third kappa shape index (κ3) is 5.77. The van der Waals surface area contributed by atoms with Crippen LogP contribution in [-0.4, -0.2) is 45.4 Å². The molecule has 1 aliphatic rings. The molecule has 3 N–H and O–H groups in total. The molecule has 0 radical (unpaired) electrons. The molecule has 0 saturated carbocycles. The number of anilines is 1. The molecular weight excluding hydrogens is 446 g/mol. The molecule has 0 unspecified atom stereocenters. The van der Waals surface area contributed by atoms with Gasteiger partial charge in [0.15, 0.2) is 6.61 Å². The van der Waals surface area contributed by atoms with Crippen LogP contribution in [-0.2, 0) is 30.8 Å². The monoisotopic (exact) mass is 473 g/mol. The number of carbonyl (C=O) groups is 3. The maximum absolute atomic E-state index is 12.7. The van der Waals surface area contributed by atoms with Gasteiger partial charge in [-0.25, -0.2) is 18.4 Å². The van der Waals surface area contributed by atoms with Gasteiger partial charge >= 0.3 is 5.97 Å². The molecule has 3 rings (SSSR count). The topological polar surface area (TPSA) is 136 Å². The summed E-state index contributed by atoms with van der Waals surface area (Å²) < 4.78 is 28.3. The fraction of sp³-hybridized carbons (Fsp3) is 0.348. The zero-order valence-corrected chi connectivity index (χ0v) is 19.5.